The molecule has 0 unspecified atom stereocenters. The van der Waals surface area contributed by atoms with E-state index in [1.54, 1.807) is 28.4 Å². The fraction of sp³-hybridized carbons (Fsp3) is 0.333. The van der Waals surface area contributed by atoms with Crippen molar-refractivity contribution in [3.63, 3.8) is 0 Å². The molecule has 1 aliphatic rings. The molecule has 0 spiro atoms. The maximum atomic E-state index is 13.7. The largest absolute Gasteiger partial charge is 0.493 e. The third kappa shape index (κ3) is 5.57. The fourth-order valence-electron chi connectivity index (χ4n) is 6.53. The van der Waals surface area contributed by atoms with Crippen molar-refractivity contribution < 1.29 is 27.4 Å². The highest BCUT2D eigenvalue weighted by atomic mass is 35.5. The second-order valence-electron chi connectivity index (χ2n) is 11.3. The lowest BCUT2D eigenvalue weighted by Crippen LogP contribution is -2.29. The number of benzene rings is 3. The number of hydrogen-bond donors (Lipinski definition) is 1. The third-order valence-electron chi connectivity index (χ3n) is 8.57. The lowest BCUT2D eigenvalue weighted by Gasteiger charge is -2.16. The molecule has 0 bridgehead atoms. The van der Waals surface area contributed by atoms with Crippen LogP contribution in [-0.4, -0.2) is 57.6 Å². The molecule has 0 aliphatic carbocycles. The maximum absolute atomic E-state index is 13.7. The Hall–Kier alpha value is -3.93. The molecular weight excluding hydrogens is 619 g/mol. The lowest BCUT2D eigenvalue weighted by atomic mass is 9.97. The molecule has 0 radical (unpaired) electrons. The standard InChI is InChI=1S/C33H34ClFN4O5S/c1-4-27-30-26(36-38(27)3)19-37(2)45(42,43)17-7-15-39-31-24(13-14-25(34)29(30)31)23(32(39)33(40)41)9-6-16-44-28-10-5-8-20-18-21(35)11-12-22(20)28/h5,8,10-14,18H,4,6-7,9,15-17,19H2,1-3H3,(H,40,41). The Morgan fingerprint density at radius 2 is 1.89 bits per heavy atom. The van der Waals surface area contributed by atoms with Gasteiger partial charge < -0.3 is 14.4 Å². The summed E-state index contributed by atoms with van der Waals surface area (Å²) in [4.78, 5) is 12.9. The first-order valence-electron chi connectivity index (χ1n) is 14.9. The van der Waals surface area contributed by atoms with E-state index < -0.39 is 16.0 Å². The van der Waals surface area contributed by atoms with Crippen molar-refractivity contribution in [2.45, 2.75) is 45.7 Å². The molecular formula is C33H34ClFN4O5S. The molecule has 6 rings (SSSR count). The van der Waals surface area contributed by atoms with Gasteiger partial charge in [0, 0.05) is 48.2 Å². The molecule has 1 aliphatic heterocycles. The molecule has 2 aromatic heterocycles. The van der Waals surface area contributed by atoms with Crippen LogP contribution in [0.1, 0.15) is 47.2 Å². The predicted octanol–water partition coefficient (Wildman–Crippen LogP) is 6.43. The number of halogens is 2. The van der Waals surface area contributed by atoms with Crippen molar-refractivity contribution >= 4 is 49.3 Å². The number of rotatable bonds is 7. The van der Waals surface area contributed by atoms with Crippen LogP contribution in [0.15, 0.2) is 48.5 Å². The fourth-order valence-corrected chi connectivity index (χ4v) is 7.90. The minimum Gasteiger partial charge on any atom is -0.493 e. The summed E-state index contributed by atoms with van der Waals surface area (Å²) in [5.74, 6) is -0.938. The summed E-state index contributed by atoms with van der Waals surface area (Å²) in [7, 11) is -0.272. The highest BCUT2D eigenvalue weighted by Gasteiger charge is 2.31. The number of aromatic nitrogens is 3. The van der Waals surface area contributed by atoms with Crippen LogP contribution >= 0.6 is 11.6 Å². The van der Waals surface area contributed by atoms with E-state index in [0.29, 0.717) is 59.0 Å². The number of ether oxygens (including phenoxy) is 1. The van der Waals surface area contributed by atoms with E-state index in [1.807, 2.05) is 38.2 Å². The topological polar surface area (TPSA) is 107 Å². The molecule has 3 aromatic carbocycles. The number of carboxylic acid groups (broad SMARTS) is 1. The first-order chi connectivity index (χ1) is 21.5. The van der Waals surface area contributed by atoms with E-state index in [-0.39, 0.29) is 36.8 Å². The van der Waals surface area contributed by atoms with Gasteiger partial charge >= 0.3 is 5.97 Å². The van der Waals surface area contributed by atoms with Gasteiger partial charge in [-0.3, -0.25) is 4.68 Å². The van der Waals surface area contributed by atoms with Gasteiger partial charge in [0.2, 0.25) is 10.0 Å². The van der Waals surface area contributed by atoms with Crippen LogP contribution < -0.4 is 4.74 Å². The molecule has 45 heavy (non-hydrogen) atoms. The molecule has 0 saturated heterocycles. The summed E-state index contributed by atoms with van der Waals surface area (Å²) in [6.45, 7) is 2.55. The van der Waals surface area contributed by atoms with Gasteiger partial charge in [-0.05, 0) is 67.0 Å². The van der Waals surface area contributed by atoms with Crippen molar-refractivity contribution in [2.75, 3.05) is 19.4 Å². The minimum atomic E-state index is -3.63. The van der Waals surface area contributed by atoms with Gasteiger partial charge in [0.05, 0.1) is 35.1 Å². The summed E-state index contributed by atoms with van der Waals surface area (Å²) in [5.41, 5.74) is 4.25. The zero-order chi connectivity index (χ0) is 32.0. The van der Waals surface area contributed by atoms with Crippen LogP contribution in [-0.2, 0) is 43.0 Å². The van der Waals surface area contributed by atoms with E-state index >= 15 is 0 Å². The predicted molar refractivity (Wildman–Crippen MR) is 173 cm³/mol. The van der Waals surface area contributed by atoms with Crippen LogP contribution in [0.4, 0.5) is 4.39 Å². The Labute approximate surface area is 265 Å². The molecule has 9 nitrogen and oxygen atoms in total. The minimum absolute atomic E-state index is 0.0652. The Bertz CT molecular complexity index is 2070. The molecule has 236 valence electrons. The van der Waals surface area contributed by atoms with Gasteiger partial charge in [0.25, 0.3) is 0 Å². The van der Waals surface area contributed by atoms with Gasteiger partial charge in [-0.15, -0.1) is 0 Å². The first-order valence-corrected chi connectivity index (χ1v) is 16.9. The highest BCUT2D eigenvalue weighted by Crippen LogP contribution is 2.43. The lowest BCUT2D eigenvalue weighted by molar-refractivity contribution is 0.0684. The first kappa shape index (κ1) is 31.1. The van der Waals surface area contributed by atoms with Gasteiger partial charge in [-0.1, -0.05) is 36.7 Å². The van der Waals surface area contributed by atoms with Crippen LogP contribution in [0.2, 0.25) is 5.02 Å². The second-order valence-corrected chi connectivity index (χ2v) is 13.9. The Morgan fingerprint density at radius 3 is 2.64 bits per heavy atom. The Balaban J connectivity index is 1.46. The maximum Gasteiger partial charge on any atom is 0.352 e. The van der Waals surface area contributed by atoms with Crippen molar-refractivity contribution in [3.8, 4) is 16.9 Å². The number of carboxylic acids is 1. The van der Waals surface area contributed by atoms with Crippen molar-refractivity contribution in [1.82, 2.24) is 18.7 Å². The van der Waals surface area contributed by atoms with Gasteiger partial charge in [0.15, 0.2) is 0 Å². The summed E-state index contributed by atoms with van der Waals surface area (Å²) in [6.07, 6.45) is 1.73. The Kier molecular flexibility index (Phi) is 8.36. The monoisotopic (exact) mass is 652 g/mol. The smallest absolute Gasteiger partial charge is 0.352 e. The molecule has 3 heterocycles. The van der Waals surface area contributed by atoms with Crippen LogP contribution in [0, 0.1) is 5.82 Å². The number of fused-ring (bicyclic) bond motifs is 3. The average Bonchev–Trinajstić information content (AvgIpc) is 3.47. The summed E-state index contributed by atoms with van der Waals surface area (Å²) in [5, 5.41) is 18.0. The molecule has 5 aromatic rings. The Morgan fingerprint density at radius 1 is 1.11 bits per heavy atom. The third-order valence-corrected chi connectivity index (χ3v) is 10.8. The number of carbonyl (C=O) groups is 1. The number of aromatic carboxylic acids is 1. The SMILES string of the molecule is CCc1c2c(nn1C)CN(C)S(=O)(=O)CCCn1c(C(=O)O)c(CCCOc3cccc4cc(F)ccc34)c3ccc(Cl)c-2c31. The number of sulfonamides is 1. The van der Waals surface area contributed by atoms with E-state index in [1.165, 1.54) is 16.4 Å². The molecule has 0 fully saturated rings. The average molecular weight is 653 g/mol. The van der Waals surface area contributed by atoms with Crippen molar-refractivity contribution in [3.05, 3.63) is 82.0 Å². The van der Waals surface area contributed by atoms with Gasteiger partial charge in [-0.25, -0.2) is 17.6 Å². The molecule has 0 saturated carbocycles. The number of aryl methyl sites for hydroxylation is 3. The molecule has 1 N–H and O–H groups in total. The zero-order valence-corrected chi connectivity index (χ0v) is 26.9. The summed E-state index contributed by atoms with van der Waals surface area (Å²) < 4.78 is 51.0. The van der Waals surface area contributed by atoms with Crippen molar-refractivity contribution in [1.29, 1.82) is 0 Å². The van der Waals surface area contributed by atoms with Crippen LogP contribution in [0.5, 0.6) is 5.75 Å². The van der Waals surface area contributed by atoms with Crippen LogP contribution in [0.3, 0.4) is 0 Å². The molecule has 0 amide bonds. The zero-order valence-electron chi connectivity index (χ0n) is 25.3. The van der Waals surface area contributed by atoms with Gasteiger partial charge in [0.1, 0.15) is 17.3 Å². The molecule has 12 heteroatoms. The van der Waals surface area contributed by atoms with Crippen molar-refractivity contribution in [2.24, 2.45) is 7.05 Å². The number of hydrogen-bond acceptors (Lipinski definition) is 5. The van der Waals surface area contributed by atoms with E-state index in [4.69, 9.17) is 21.4 Å². The summed E-state index contributed by atoms with van der Waals surface area (Å²) in [6, 6.07) is 13.6. The summed E-state index contributed by atoms with van der Waals surface area (Å²) >= 11 is 6.95. The van der Waals surface area contributed by atoms with Gasteiger partial charge in [-0.2, -0.15) is 9.40 Å². The molecule has 0 atom stereocenters. The second kappa shape index (κ2) is 12.1. The quantitative estimate of drug-likeness (QED) is 0.203. The highest BCUT2D eigenvalue weighted by molar-refractivity contribution is 7.89. The normalized spacial score (nSPS) is 15.2. The van der Waals surface area contributed by atoms with E-state index in [9.17, 15) is 22.7 Å². The van der Waals surface area contributed by atoms with E-state index in [0.717, 1.165) is 27.4 Å². The number of nitrogens with zero attached hydrogens (tertiary/aromatic N) is 4. The van der Waals surface area contributed by atoms with E-state index in [2.05, 4.69) is 0 Å². The van der Waals surface area contributed by atoms with Crippen LogP contribution in [0.25, 0.3) is 32.8 Å².